The Hall–Kier alpha value is -2.14. The Morgan fingerprint density at radius 2 is 1.97 bits per heavy atom. The molecule has 0 amide bonds. The molecular formula is C26H38N2O3. The second-order valence-electron chi connectivity index (χ2n) is 8.98. The molecule has 2 aromatic rings. The number of carbonyl (C=O) groups is 1. The summed E-state index contributed by atoms with van der Waals surface area (Å²) in [6.45, 7) is 3.79. The molecule has 0 radical (unpaired) electrons. The van der Waals surface area contributed by atoms with Gasteiger partial charge in [0.25, 0.3) is 0 Å². The second-order valence-corrected chi connectivity index (χ2v) is 8.98. The number of nitrogens with one attached hydrogen (secondary N) is 1. The van der Waals surface area contributed by atoms with Gasteiger partial charge in [0.15, 0.2) is 0 Å². The molecule has 3 rings (SSSR count). The van der Waals surface area contributed by atoms with Gasteiger partial charge in [0.05, 0.1) is 18.5 Å². The van der Waals surface area contributed by atoms with Crippen LogP contribution in [-0.4, -0.2) is 36.3 Å². The highest BCUT2D eigenvalue weighted by molar-refractivity contribution is 5.83. The molecule has 1 aromatic heterocycles. The fourth-order valence-electron chi connectivity index (χ4n) is 5.14. The third kappa shape index (κ3) is 6.42. The molecule has 0 bridgehead atoms. The summed E-state index contributed by atoms with van der Waals surface area (Å²) in [5, 5.41) is 14.3. The van der Waals surface area contributed by atoms with Crippen molar-refractivity contribution < 1.29 is 14.6 Å². The summed E-state index contributed by atoms with van der Waals surface area (Å²) in [4.78, 5) is 16.4. The summed E-state index contributed by atoms with van der Waals surface area (Å²) < 4.78 is 5.39. The summed E-state index contributed by atoms with van der Waals surface area (Å²) in [6.07, 6.45) is 12.2. The Kier molecular flexibility index (Phi) is 9.13. The second kappa shape index (κ2) is 12.0. The van der Waals surface area contributed by atoms with Gasteiger partial charge < -0.3 is 15.2 Å². The SMILES string of the molecule is CCCCCCCC1CNC[C@H](C(=O)O)[C@@H]1CCCc1ccnc2ccc(OC)cc12. The maximum Gasteiger partial charge on any atom is 0.308 e. The van der Waals surface area contributed by atoms with E-state index in [1.807, 2.05) is 18.3 Å². The number of pyridine rings is 1. The molecule has 170 valence electrons. The van der Waals surface area contributed by atoms with Crippen LogP contribution in [0.1, 0.15) is 63.9 Å². The van der Waals surface area contributed by atoms with Gasteiger partial charge in [-0.25, -0.2) is 0 Å². The highest BCUT2D eigenvalue weighted by Gasteiger charge is 2.36. The molecule has 2 heterocycles. The number of hydrogen-bond donors (Lipinski definition) is 2. The molecule has 0 saturated carbocycles. The smallest absolute Gasteiger partial charge is 0.308 e. The van der Waals surface area contributed by atoms with Gasteiger partial charge in [-0.3, -0.25) is 9.78 Å². The number of hydrogen-bond acceptors (Lipinski definition) is 4. The van der Waals surface area contributed by atoms with E-state index in [-0.39, 0.29) is 11.8 Å². The summed E-state index contributed by atoms with van der Waals surface area (Å²) in [7, 11) is 1.68. The van der Waals surface area contributed by atoms with Crippen LogP contribution in [0, 0.1) is 17.8 Å². The standard InChI is InChI=1S/C26H38N2O3/c1-3-4-5-6-7-9-20-17-27-18-24(26(29)30)22(20)11-8-10-19-14-15-28-25-13-12-21(31-2)16-23(19)25/h12-16,20,22,24,27H,3-11,17-18H2,1-2H3,(H,29,30)/t20?,22-,24+/m1/s1. The maximum absolute atomic E-state index is 11.9. The molecule has 1 fully saturated rings. The number of unbranched alkanes of at least 4 members (excludes halogenated alkanes) is 4. The van der Waals surface area contributed by atoms with Gasteiger partial charge in [-0.2, -0.15) is 0 Å². The van der Waals surface area contributed by atoms with Crippen molar-refractivity contribution in [1.82, 2.24) is 10.3 Å². The summed E-state index contributed by atoms with van der Waals surface area (Å²) in [5.41, 5.74) is 2.24. The van der Waals surface area contributed by atoms with E-state index in [9.17, 15) is 9.90 Å². The van der Waals surface area contributed by atoms with Gasteiger partial charge in [0.2, 0.25) is 0 Å². The molecule has 31 heavy (non-hydrogen) atoms. The monoisotopic (exact) mass is 426 g/mol. The minimum Gasteiger partial charge on any atom is -0.497 e. The molecule has 0 spiro atoms. The van der Waals surface area contributed by atoms with E-state index in [2.05, 4.69) is 29.4 Å². The molecule has 2 N–H and O–H groups in total. The first-order chi connectivity index (χ1) is 15.1. The number of aryl methyl sites for hydroxylation is 1. The summed E-state index contributed by atoms with van der Waals surface area (Å²) in [6, 6.07) is 8.08. The van der Waals surface area contributed by atoms with E-state index in [4.69, 9.17) is 4.74 Å². The largest absolute Gasteiger partial charge is 0.497 e. The van der Waals surface area contributed by atoms with Crippen molar-refractivity contribution in [3.8, 4) is 5.75 Å². The van der Waals surface area contributed by atoms with Crippen LogP contribution in [0.5, 0.6) is 5.75 Å². The third-order valence-electron chi connectivity index (χ3n) is 6.91. The number of aliphatic carboxylic acids is 1. The van der Waals surface area contributed by atoms with Crippen LogP contribution in [0.3, 0.4) is 0 Å². The predicted molar refractivity (Wildman–Crippen MR) is 126 cm³/mol. The Morgan fingerprint density at radius 3 is 2.74 bits per heavy atom. The van der Waals surface area contributed by atoms with E-state index >= 15 is 0 Å². The van der Waals surface area contributed by atoms with Crippen molar-refractivity contribution in [2.45, 2.75) is 64.7 Å². The maximum atomic E-state index is 11.9. The molecule has 5 heteroatoms. The van der Waals surface area contributed by atoms with E-state index in [0.29, 0.717) is 12.5 Å². The number of aromatic nitrogens is 1. The minimum absolute atomic E-state index is 0.257. The molecule has 3 atom stereocenters. The fourth-order valence-corrected chi connectivity index (χ4v) is 5.14. The van der Waals surface area contributed by atoms with Crippen LogP contribution >= 0.6 is 0 Å². The van der Waals surface area contributed by atoms with Crippen LogP contribution in [0.2, 0.25) is 0 Å². The van der Waals surface area contributed by atoms with Crippen molar-refractivity contribution in [1.29, 1.82) is 0 Å². The van der Waals surface area contributed by atoms with Crippen molar-refractivity contribution in [2.75, 3.05) is 20.2 Å². The van der Waals surface area contributed by atoms with Gasteiger partial charge in [-0.15, -0.1) is 0 Å². The highest BCUT2D eigenvalue weighted by atomic mass is 16.5. The quantitative estimate of drug-likeness (QED) is 0.441. The average molecular weight is 427 g/mol. The van der Waals surface area contributed by atoms with Crippen LogP contribution in [-0.2, 0) is 11.2 Å². The number of rotatable bonds is 12. The number of benzene rings is 1. The zero-order chi connectivity index (χ0) is 22.1. The average Bonchev–Trinajstić information content (AvgIpc) is 2.79. The number of methoxy groups -OCH3 is 1. The van der Waals surface area contributed by atoms with Crippen LogP contribution in [0.4, 0.5) is 0 Å². The molecular weight excluding hydrogens is 388 g/mol. The van der Waals surface area contributed by atoms with Gasteiger partial charge in [-0.1, -0.05) is 39.0 Å². The number of piperidine rings is 1. The van der Waals surface area contributed by atoms with Crippen molar-refractivity contribution in [3.63, 3.8) is 0 Å². The highest BCUT2D eigenvalue weighted by Crippen LogP contribution is 2.34. The topological polar surface area (TPSA) is 71.5 Å². The lowest BCUT2D eigenvalue weighted by Gasteiger charge is -2.37. The normalized spacial score (nSPS) is 21.3. The summed E-state index contributed by atoms with van der Waals surface area (Å²) >= 11 is 0. The van der Waals surface area contributed by atoms with Crippen molar-refractivity contribution in [2.24, 2.45) is 17.8 Å². The molecule has 1 aliphatic rings. The Bertz CT molecular complexity index is 839. The van der Waals surface area contributed by atoms with E-state index in [1.54, 1.807) is 7.11 Å². The first-order valence-corrected chi connectivity index (χ1v) is 12.0. The summed E-state index contributed by atoms with van der Waals surface area (Å²) in [5.74, 6) is 0.642. The van der Waals surface area contributed by atoms with Gasteiger partial charge in [0, 0.05) is 18.1 Å². The lowest BCUT2D eigenvalue weighted by molar-refractivity contribution is -0.145. The molecule has 1 saturated heterocycles. The molecule has 1 aromatic carbocycles. The molecule has 5 nitrogen and oxygen atoms in total. The fraction of sp³-hybridized carbons (Fsp3) is 0.615. The Balaban J connectivity index is 1.63. The first-order valence-electron chi connectivity index (χ1n) is 12.0. The lowest BCUT2D eigenvalue weighted by Crippen LogP contribution is -2.46. The number of ether oxygens (including phenoxy) is 1. The third-order valence-corrected chi connectivity index (χ3v) is 6.91. The lowest BCUT2D eigenvalue weighted by atomic mass is 9.73. The number of nitrogens with zero attached hydrogens (tertiary/aromatic N) is 1. The minimum atomic E-state index is -0.646. The van der Waals surface area contributed by atoms with Gasteiger partial charge >= 0.3 is 5.97 Å². The predicted octanol–water partition coefficient (Wildman–Crippen LogP) is 5.46. The van der Waals surface area contributed by atoms with E-state index in [1.165, 1.54) is 37.7 Å². The van der Waals surface area contributed by atoms with E-state index < -0.39 is 5.97 Å². The Labute approximate surface area is 186 Å². The van der Waals surface area contributed by atoms with Crippen LogP contribution in [0.15, 0.2) is 30.5 Å². The number of carboxylic acids is 1. The first kappa shape index (κ1) is 23.5. The molecule has 1 aliphatic heterocycles. The Morgan fingerprint density at radius 1 is 1.13 bits per heavy atom. The number of carboxylic acid groups (broad SMARTS) is 1. The van der Waals surface area contributed by atoms with Crippen molar-refractivity contribution in [3.05, 3.63) is 36.0 Å². The van der Waals surface area contributed by atoms with Crippen LogP contribution in [0.25, 0.3) is 10.9 Å². The molecule has 1 unspecified atom stereocenters. The zero-order valence-electron chi connectivity index (χ0n) is 19.1. The van der Waals surface area contributed by atoms with E-state index in [0.717, 1.165) is 48.9 Å². The number of fused-ring (bicyclic) bond motifs is 1. The van der Waals surface area contributed by atoms with Crippen molar-refractivity contribution >= 4 is 16.9 Å². The van der Waals surface area contributed by atoms with Gasteiger partial charge in [0.1, 0.15) is 5.75 Å². The zero-order valence-corrected chi connectivity index (χ0v) is 19.1. The molecule has 0 aliphatic carbocycles. The van der Waals surface area contributed by atoms with Gasteiger partial charge in [-0.05, 0) is 73.9 Å². The van der Waals surface area contributed by atoms with Crippen LogP contribution < -0.4 is 10.1 Å².